The predicted octanol–water partition coefficient (Wildman–Crippen LogP) is 4.71. The lowest BCUT2D eigenvalue weighted by molar-refractivity contribution is 0.320. The predicted molar refractivity (Wildman–Crippen MR) is 130 cm³/mol. The summed E-state index contributed by atoms with van der Waals surface area (Å²) in [5.74, 6) is 1.55. The Kier molecular flexibility index (Phi) is 6.48. The molecule has 0 bridgehead atoms. The Morgan fingerprint density at radius 1 is 0.938 bits per heavy atom. The number of nitrogens with one attached hydrogen (secondary N) is 2. The first-order valence-corrected chi connectivity index (χ1v) is 11.8. The first kappa shape index (κ1) is 20.8. The summed E-state index contributed by atoms with van der Waals surface area (Å²) in [7, 11) is 0. The number of pyridine rings is 2. The Hall–Kier alpha value is -3.13. The Morgan fingerprint density at radius 3 is 2.69 bits per heavy atom. The smallest absolute Gasteiger partial charge is 0.141 e. The highest BCUT2D eigenvalue weighted by Gasteiger charge is 2.21. The number of likely N-dealkylation sites (tertiary alicyclic amines) is 1. The molecule has 4 heterocycles. The van der Waals surface area contributed by atoms with E-state index < -0.39 is 0 Å². The van der Waals surface area contributed by atoms with Crippen LogP contribution in [0.4, 0.5) is 11.6 Å². The largest absolute Gasteiger partial charge is 0.325 e. The van der Waals surface area contributed by atoms with Crippen LogP contribution in [0.25, 0.3) is 10.7 Å². The third-order valence-electron chi connectivity index (χ3n) is 5.60. The molecular formula is C25H26N6S. The van der Waals surface area contributed by atoms with E-state index >= 15 is 0 Å². The van der Waals surface area contributed by atoms with Gasteiger partial charge < -0.3 is 10.6 Å². The van der Waals surface area contributed by atoms with Crippen molar-refractivity contribution in [1.29, 1.82) is 0 Å². The number of anilines is 2. The molecule has 2 N–H and O–H groups in total. The maximum Gasteiger partial charge on any atom is 0.141 e. The van der Waals surface area contributed by atoms with E-state index in [0.717, 1.165) is 48.5 Å². The quantitative estimate of drug-likeness (QED) is 0.412. The van der Waals surface area contributed by atoms with Crippen molar-refractivity contribution in [3.8, 4) is 10.7 Å². The van der Waals surface area contributed by atoms with Crippen LogP contribution < -0.4 is 10.6 Å². The molecule has 0 spiro atoms. The number of benzene rings is 1. The average Bonchev–Trinajstić information content (AvgIpc) is 3.52. The van der Waals surface area contributed by atoms with Crippen LogP contribution in [0.3, 0.4) is 0 Å². The monoisotopic (exact) mass is 442 g/mol. The first-order chi connectivity index (χ1) is 15.8. The van der Waals surface area contributed by atoms with Gasteiger partial charge in [0.1, 0.15) is 22.3 Å². The van der Waals surface area contributed by atoms with E-state index in [9.17, 15) is 0 Å². The minimum absolute atomic E-state index is 0.523. The van der Waals surface area contributed by atoms with E-state index in [1.807, 2.05) is 35.8 Å². The highest BCUT2D eigenvalue weighted by Crippen LogP contribution is 2.22. The van der Waals surface area contributed by atoms with E-state index in [2.05, 4.69) is 66.9 Å². The van der Waals surface area contributed by atoms with Crippen LogP contribution in [0, 0.1) is 0 Å². The molecule has 4 aromatic rings. The van der Waals surface area contributed by atoms with Crippen molar-refractivity contribution in [3.63, 3.8) is 0 Å². The van der Waals surface area contributed by atoms with Crippen LogP contribution in [0.1, 0.15) is 17.5 Å². The molecule has 162 valence electrons. The van der Waals surface area contributed by atoms with Gasteiger partial charge in [0, 0.05) is 50.0 Å². The molecule has 1 saturated heterocycles. The summed E-state index contributed by atoms with van der Waals surface area (Å²) in [6.45, 7) is 4.08. The highest BCUT2D eigenvalue weighted by molar-refractivity contribution is 7.13. The van der Waals surface area contributed by atoms with Gasteiger partial charge in [0.15, 0.2) is 0 Å². The van der Waals surface area contributed by atoms with Crippen molar-refractivity contribution in [3.05, 3.63) is 89.6 Å². The topological polar surface area (TPSA) is 66.0 Å². The SMILES string of the molecule is c1ccc(CN2CC[C@@H](NCc3ccc(Nc4cccc(-c5nccs5)n4)nc3)C2)cc1. The number of hydrogen-bond acceptors (Lipinski definition) is 7. The van der Waals surface area contributed by atoms with Gasteiger partial charge in [-0.1, -0.05) is 42.5 Å². The number of nitrogens with zero attached hydrogens (tertiary/aromatic N) is 4. The van der Waals surface area contributed by atoms with Gasteiger partial charge in [0.05, 0.1) is 0 Å². The number of hydrogen-bond donors (Lipinski definition) is 2. The second-order valence-corrected chi connectivity index (χ2v) is 8.90. The van der Waals surface area contributed by atoms with Crippen LogP contribution in [0.15, 0.2) is 78.4 Å². The second-order valence-electron chi connectivity index (χ2n) is 8.01. The maximum atomic E-state index is 4.64. The molecule has 1 aliphatic heterocycles. The van der Waals surface area contributed by atoms with Crippen molar-refractivity contribution < 1.29 is 0 Å². The van der Waals surface area contributed by atoms with E-state index in [1.54, 1.807) is 17.5 Å². The van der Waals surface area contributed by atoms with Gasteiger partial charge in [0.2, 0.25) is 0 Å². The normalized spacial score (nSPS) is 16.3. The number of aromatic nitrogens is 3. The fourth-order valence-electron chi connectivity index (χ4n) is 3.95. The lowest BCUT2D eigenvalue weighted by atomic mass is 10.2. The van der Waals surface area contributed by atoms with Crippen molar-refractivity contribution in [2.45, 2.75) is 25.6 Å². The van der Waals surface area contributed by atoms with E-state index in [1.165, 1.54) is 17.5 Å². The summed E-state index contributed by atoms with van der Waals surface area (Å²) in [5.41, 5.74) is 3.43. The lowest BCUT2D eigenvalue weighted by Gasteiger charge is -2.17. The summed E-state index contributed by atoms with van der Waals surface area (Å²) in [4.78, 5) is 16.1. The number of rotatable bonds is 8. The van der Waals surface area contributed by atoms with Gasteiger partial charge in [-0.2, -0.15) is 0 Å². The summed E-state index contributed by atoms with van der Waals surface area (Å²) in [5, 5.41) is 9.84. The van der Waals surface area contributed by atoms with Gasteiger partial charge in [-0.05, 0) is 35.7 Å². The minimum Gasteiger partial charge on any atom is -0.325 e. The molecule has 1 aromatic carbocycles. The standard InChI is InChI=1S/C25H26N6S/c1-2-5-19(6-3-1)17-31-13-11-21(18-31)27-15-20-9-10-23(28-16-20)30-24-8-4-7-22(29-24)25-26-12-14-32-25/h1-10,12,14,16,21,27H,11,13,15,17-18H2,(H,28,29,30)/t21-/m1/s1. The number of thiazole rings is 1. The molecule has 1 fully saturated rings. The van der Waals surface area contributed by atoms with Gasteiger partial charge in [-0.25, -0.2) is 15.0 Å². The Morgan fingerprint density at radius 2 is 1.88 bits per heavy atom. The van der Waals surface area contributed by atoms with E-state index in [0.29, 0.717) is 6.04 Å². The van der Waals surface area contributed by atoms with Crippen molar-refractivity contribution in [2.75, 3.05) is 18.4 Å². The zero-order valence-electron chi connectivity index (χ0n) is 17.8. The molecule has 0 amide bonds. The zero-order valence-corrected chi connectivity index (χ0v) is 18.6. The van der Waals surface area contributed by atoms with Crippen LogP contribution in [0.2, 0.25) is 0 Å². The fourth-order valence-corrected chi connectivity index (χ4v) is 4.56. The molecular weight excluding hydrogens is 416 g/mol. The molecule has 1 aliphatic rings. The third kappa shape index (κ3) is 5.37. The second kappa shape index (κ2) is 9.99. The van der Waals surface area contributed by atoms with Crippen LogP contribution in [-0.2, 0) is 13.1 Å². The van der Waals surface area contributed by atoms with E-state index in [4.69, 9.17) is 0 Å². The molecule has 6 nitrogen and oxygen atoms in total. The summed E-state index contributed by atoms with van der Waals surface area (Å²) >= 11 is 1.58. The van der Waals surface area contributed by atoms with Gasteiger partial charge in [0.25, 0.3) is 0 Å². The molecule has 0 radical (unpaired) electrons. The van der Waals surface area contributed by atoms with Crippen molar-refractivity contribution >= 4 is 23.0 Å². The van der Waals surface area contributed by atoms with Gasteiger partial charge in [-0.3, -0.25) is 4.90 Å². The van der Waals surface area contributed by atoms with Crippen LogP contribution in [-0.4, -0.2) is 39.0 Å². The molecule has 7 heteroatoms. The molecule has 0 aliphatic carbocycles. The average molecular weight is 443 g/mol. The molecule has 0 unspecified atom stereocenters. The Balaban J connectivity index is 1.11. The molecule has 32 heavy (non-hydrogen) atoms. The van der Waals surface area contributed by atoms with Crippen molar-refractivity contribution in [2.24, 2.45) is 0 Å². The molecule has 1 atom stereocenters. The first-order valence-electron chi connectivity index (χ1n) is 10.9. The molecule has 3 aromatic heterocycles. The minimum atomic E-state index is 0.523. The van der Waals surface area contributed by atoms with Crippen LogP contribution in [0.5, 0.6) is 0 Å². The maximum absolute atomic E-state index is 4.64. The highest BCUT2D eigenvalue weighted by atomic mass is 32.1. The summed E-state index contributed by atoms with van der Waals surface area (Å²) in [6.07, 6.45) is 4.90. The zero-order chi connectivity index (χ0) is 21.6. The lowest BCUT2D eigenvalue weighted by Crippen LogP contribution is -2.32. The van der Waals surface area contributed by atoms with Gasteiger partial charge in [-0.15, -0.1) is 11.3 Å². The van der Waals surface area contributed by atoms with E-state index in [-0.39, 0.29) is 0 Å². The van der Waals surface area contributed by atoms with Gasteiger partial charge >= 0.3 is 0 Å². The summed E-state index contributed by atoms with van der Waals surface area (Å²) < 4.78 is 0. The van der Waals surface area contributed by atoms with Crippen LogP contribution >= 0.6 is 11.3 Å². The molecule has 0 saturated carbocycles. The Labute approximate surface area is 192 Å². The summed E-state index contributed by atoms with van der Waals surface area (Å²) in [6, 6.07) is 21.2. The molecule has 5 rings (SSSR count). The fraction of sp³-hybridized carbons (Fsp3) is 0.240. The Bertz CT molecular complexity index is 1110. The van der Waals surface area contributed by atoms with Crippen molar-refractivity contribution in [1.82, 2.24) is 25.2 Å². The third-order valence-corrected chi connectivity index (χ3v) is 6.39.